The Hall–Kier alpha value is -2.82. The van der Waals surface area contributed by atoms with Crippen LogP contribution in [0.4, 0.5) is 0 Å². The molecular formula is C21H15Cl2NO3. The summed E-state index contributed by atoms with van der Waals surface area (Å²) in [6, 6.07) is 19.0. The molecule has 27 heavy (non-hydrogen) atoms. The van der Waals surface area contributed by atoms with E-state index in [-0.39, 0.29) is 39.2 Å². The summed E-state index contributed by atoms with van der Waals surface area (Å²) in [6.45, 7) is 0.0551. The first-order valence-electron chi connectivity index (χ1n) is 8.08. The molecule has 0 saturated heterocycles. The van der Waals surface area contributed by atoms with Crippen molar-refractivity contribution < 1.29 is 14.6 Å². The van der Waals surface area contributed by atoms with Gasteiger partial charge in [-0.15, -0.1) is 0 Å². The summed E-state index contributed by atoms with van der Waals surface area (Å²) in [5, 5.41) is 11.3. The molecule has 0 radical (unpaired) electrons. The lowest BCUT2D eigenvalue weighted by Gasteiger charge is -2.13. The third kappa shape index (κ3) is 4.48. The number of aliphatic hydroxyl groups is 1. The van der Waals surface area contributed by atoms with E-state index in [1.165, 1.54) is 6.20 Å². The minimum atomic E-state index is -0.731. The standard InChI is InChI=1S/C21H15Cl2NO3/c22-15-9-6-10-16(23)18(15)20(25)19(17-11-4-5-12-24-17)21(26)27-13-14-7-2-1-3-8-14/h1-12,25H,13H2. The Labute approximate surface area is 166 Å². The third-order valence-electron chi connectivity index (χ3n) is 3.77. The van der Waals surface area contributed by atoms with Gasteiger partial charge in [-0.05, 0) is 29.8 Å². The van der Waals surface area contributed by atoms with Crippen molar-refractivity contribution in [3.63, 3.8) is 0 Å². The van der Waals surface area contributed by atoms with Crippen LogP contribution < -0.4 is 0 Å². The van der Waals surface area contributed by atoms with E-state index < -0.39 is 5.97 Å². The van der Waals surface area contributed by atoms with Crippen LogP contribution in [0, 0.1) is 0 Å². The topological polar surface area (TPSA) is 59.4 Å². The lowest BCUT2D eigenvalue weighted by atomic mass is 10.0. The summed E-state index contributed by atoms with van der Waals surface area (Å²) < 4.78 is 5.38. The van der Waals surface area contributed by atoms with Gasteiger partial charge >= 0.3 is 5.97 Å². The summed E-state index contributed by atoms with van der Waals surface area (Å²) in [5.41, 5.74) is 1.12. The largest absolute Gasteiger partial charge is 0.506 e. The predicted octanol–water partition coefficient (Wildman–Crippen LogP) is 5.56. The van der Waals surface area contributed by atoms with Gasteiger partial charge < -0.3 is 9.84 Å². The maximum absolute atomic E-state index is 12.8. The predicted molar refractivity (Wildman–Crippen MR) is 106 cm³/mol. The average Bonchev–Trinajstić information content (AvgIpc) is 2.68. The Morgan fingerprint density at radius 3 is 2.22 bits per heavy atom. The molecule has 136 valence electrons. The van der Waals surface area contributed by atoms with E-state index in [0.717, 1.165) is 5.56 Å². The number of benzene rings is 2. The first-order chi connectivity index (χ1) is 13.1. The minimum absolute atomic E-state index is 0.0551. The van der Waals surface area contributed by atoms with Crippen molar-refractivity contribution in [1.29, 1.82) is 0 Å². The fourth-order valence-electron chi connectivity index (χ4n) is 2.48. The Balaban J connectivity index is 2.02. The third-order valence-corrected chi connectivity index (χ3v) is 4.40. The number of ether oxygens (including phenoxy) is 1. The van der Waals surface area contributed by atoms with Crippen LogP contribution >= 0.6 is 23.2 Å². The Kier molecular flexibility index (Phi) is 6.12. The summed E-state index contributed by atoms with van der Waals surface area (Å²) in [4.78, 5) is 16.9. The quantitative estimate of drug-likeness (QED) is 0.346. The Morgan fingerprint density at radius 1 is 0.926 bits per heavy atom. The van der Waals surface area contributed by atoms with Crippen LogP contribution in [0.3, 0.4) is 0 Å². The van der Waals surface area contributed by atoms with Crippen molar-refractivity contribution in [2.24, 2.45) is 0 Å². The van der Waals surface area contributed by atoms with Gasteiger partial charge in [-0.1, -0.05) is 65.7 Å². The van der Waals surface area contributed by atoms with Crippen molar-refractivity contribution in [2.75, 3.05) is 0 Å². The van der Waals surface area contributed by atoms with E-state index in [0.29, 0.717) is 0 Å². The first kappa shape index (κ1) is 19.0. The molecule has 0 spiro atoms. The highest BCUT2D eigenvalue weighted by Crippen LogP contribution is 2.34. The van der Waals surface area contributed by atoms with E-state index in [1.54, 1.807) is 36.4 Å². The number of rotatable bonds is 5. The second-order valence-corrected chi connectivity index (χ2v) is 6.41. The number of aromatic nitrogens is 1. The van der Waals surface area contributed by atoms with E-state index in [9.17, 15) is 9.90 Å². The molecule has 1 heterocycles. The summed E-state index contributed by atoms with van der Waals surface area (Å²) >= 11 is 12.4. The highest BCUT2D eigenvalue weighted by atomic mass is 35.5. The van der Waals surface area contributed by atoms with Crippen LogP contribution in [0.1, 0.15) is 16.8 Å². The molecule has 0 amide bonds. The highest BCUT2D eigenvalue weighted by Gasteiger charge is 2.24. The zero-order chi connectivity index (χ0) is 19.2. The lowest BCUT2D eigenvalue weighted by Crippen LogP contribution is -2.11. The van der Waals surface area contributed by atoms with Gasteiger partial charge in [-0.3, -0.25) is 4.98 Å². The molecule has 6 heteroatoms. The number of halogens is 2. The molecular weight excluding hydrogens is 385 g/mol. The molecule has 2 aromatic carbocycles. The van der Waals surface area contributed by atoms with Crippen molar-refractivity contribution in [1.82, 2.24) is 4.98 Å². The van der Waals surface area contributed by atoms with Crippen LogP contribution in [0.15, 0.2) is 72.9 Å². The van der Waals surface area contributed by atoms with Gasteiger partial charge in [0.2, 0.25) is 0 Å². The number of hydrogen-bond donors (Lipinski definition) is 1. The fourth-order valence-corrected chi connectivity index (χ4v) is 3.05. The second kappa shape index (κ2) is 8.71. The molecule has 0 aliphatic heterocycles. The smallest absolute Gasteiger partial charge is 0.344 e. The highest BCUT2D eigenvalue weighted by molar-refractivity contribution is 6.38. The Morgan fingerprint density at radius 2 is 1.59 bits per heavy atom. The van der Waals surface area contributed by atoms with Crippen molar-refractivity contribution in [3.05, 3.63) is 99.8 Å². The van der Waals surface area contributed by atoms with Gasteiger partial charge in [0.1, 0.15) is 17.9 Å². The van der Waals surface area contributed by atoms with E-state index >= 15 is 0 Å². The molecule has 3 aromatic rings. The zero-order valence-corrected chi connectivity index (χ0v) is 15.6. The average molecular weight is 400 g/mol. The molecule has 0 atom stereocenters. The maximum Gasteiger partial charge on any atom is 0.344 e. The second-order valence-electron chi connectivity index (χ2n) is 5.60. The van der Waals surface area contributed by atoms with Crippen molar-refractivity contribution in [2.45, 2.75) is 6.61 Å². The molecule has 3 rings (SSSR count). The van der Waals surface area contributed by atoms with Crippen LogP contribution in [0.5, 0.6) is 0 Å². The number of hydrogen-bond acceptors (Lipinski definition) is 4. The number of esters is 1. The molecule has 0 saturated carbocycles. The van der Waals surface area contributed by atoms with Gasteiger partial charge in [0.25, 0.3) is 0 Å². The van der Waals surface area contributed by atoms with Gasteiger partial charge in [-0.25, -0.2) is 4.79 Å². The Bertz CT molecular complexity index is 953. The molecule has 0 bridgehead atoms. The number of nitrogens with zero attached hydrogens (tertiary/aromatic N) is 1. The monoisotopic (exact) mass is 399 g/mol. The van der Waals surface area contributed by atoms with E-state index in [1.807, 2.05) is 30.3 Å². The van der Waals surface area contributed by atoms with E-state index in [2.05, 4.69) is 4.98 Å². The number of carbonyl (C=O) groups excluding carboxylic acids is 1. The maximum atomic E-state index is 12.8. The minimum Gasteiger partial charge on any atom is -0.506 e. The van der Waals surface area contributed by atoms with Crippen LogP contribution in [-0.2, 0) is 16.1 Å². The molecule has 0 fully saturated rings. The molecule has 0 aliphatic rings. The van der Waals surface area contributed by atoms with Crippen LogP contribution in [0.2, 0.25) is 10.0 Å². The number of pyridine rings is 1. The molecule has 4 nitrogen and oxygen atoms in total. The fraction of sp³-hybridized carbons (Fsp3) is 0.0476. The molecule has 0 aliphatic carbocycles. The van der Waals surface area contributed by atoms with Crippen LogP contribution in [0.25, 0.3) is 11.3 Å². The van der Waals surface area contributed by atoms with Gasteiger partial charge in [0.15, 0.2) is 0 Å². The normalized spacial score (nSPS) is 11.6. The van der Waals surface area contributed by atoms with Gasteiger partial charge in [0.05, 0.1) is 21.3 Å². The van der Waals surface area contributed by atoms with Crippen molar-refractivity contribution >= 4 is 40.5 Å². The number of carbonyl (C=O) groups is 1. The van der Waals surface area contributed by atoms with Gasteiger partial charge in [0, 0.05) is 6.20 Å². The first-order valence-corrected chi connectivity index (χ1v) is 8.83. The van der Waals surface area contributed by atoms with Gasteiger partial charge in [-0.2, -0.15) is 0 Å². The summed E-state index contributed by atoms with van der Waals surface area (Å²) in [5.74, 6) is -1.12. The SMILES string of the molecule is O=C(OCc1ccccc1)C(=C(O)c1c(Cl)cccc1Cl)c1ccccn1. The number of aliphatic hydroxyl groups excluding tert-OH is 1. The molecule has 1 N–H and O–H groups in total. The lowest BCUT2D eigenvalue weighted by molar-refractivity contribution is -0.137. The molecule has 1 aromatic heterocycles. The molecule has 0 unspecified atom stereocenters. The summed E-state index contributed by atoms with van der Waals surface area (Å²) in [6.07, 6.45) is 1.52. The van der Waals surface area contributed by atoms with E-state index in [4.69, 9.17) is 27.9 Å². The zero-order valence-electron chi connectivity index (χ0n) is 14.1. The van der Waals surface area contributed by atoms with Crippen molar-refractivity contribution in [3.8, 4) is 0 Å². The van der Waals surface area contributed by atoms with Crippen LogP contribution in [-0.4, -0.2) is 16.1 Å². The summed E-state index contributed by atoms with van der Waals surface area (Å²) in [7, 11) is 0.